The van der Waals surface area contributed by atoms with E-state index in [4.69, 9.17) is 5.73 Å². The van der Waals surface area contributed by atoms with Crippen LogP contribution in [0.5, 0.6) is 0 Å². The van der Waals surface area contributed by atoms with Crippen LogP contribution in [0.25, 0.3) is 10.9 Å². The van der Waals surface area contributed by atoms with Gasteiger partial charge in [-0.15, -0.1) is 0 Å². The van der Waals surface area contributed by atoms with Crippen molar-refractivity contribution in [2.24, 2.45) is 0 Å². The molecule has 1 atom stereocenters. The van der Waals surface area contributed by atoms with Gasteiger partial charge in [0, 0.05) is 18.3 Å². The number of aromatic nitrogens is 2. The van der Waals surface area contributed by atoms with E-state index in [1.54, 1.807) is 18.2 Å². The lowest BCUT2D eigenvalue weighted by Gasteiger charge is -2.32. The number of H-pyrrole nitrogens is 1. The Balaban J connectivity index is 1.84. The highest BCUT2D eigenvalue weighted by Gasteiger charge is 2.19. The maximum absolute atomic E-state index is 12.1. The Morgan fingerprint density at radius 3 is 3.19 bits per heavy atom. The minimum atomic E-state index is -0.155. The van der Waals surface area contributed by atoms with Gasteiger partial charge < -0.3 is 16.0 Å². The summed E-state index contributed by atoms with van der Waals surface area (Å²) in [5.41, 5.74) is 6.79. The standard InChI is InChI=1S/C15H21N5O/c1-2-20-7-3-4-11(9-20)17-15-18-13-6-5-10(16)8-12(13)14(21)19-15/h5-6,8,11H,2-4,7,9,16H2,1H3,(H2,17,18,19,21). The summed E-state index contributed by atoms with van der Waals surface area (Å²) in [6.07, 6.45) is 2.26. The largest absolute Gasteiger partial charge is 0.399 e. The molecule has 1 fully saturated rings. The Morgan fingerprint density at radius 1 is 1.52 bits per heavy atom. The number of hydrogen-bond acceptors (Lipinski definition) is 5. The van der Waals surface area contributed by atoms with Crippen molar-refractivity contribution in [3.05, 3.63) is 28.6 Å². The summed E-state index contributed by atoms with van der Waals surface area (Å²) < 4.78 is 0. The molecule has 1 aromatic carbocycles. The van der Waals surface area contributed by atoms with Crippen molar-refractivity contribution in [3.8, 4) is 0 Å². The summed E-state index contributed by atoms with van der Waals surface area (Å²) in [5, 5.41) is 3.88. The summed E-state index contributed by atoms with van der Waals surface area (Å²) in [4.78, 5) is 21.8. The molecule has 0 aliphatic carbocycles. The number of nitrogen functional groups attached to an aromatic ring is 1. The second-order valence-corrected chi connectivity index (χ2v) is 5.57. The van der Waals surface area contributed by atoms with Gasteiger partial charge in [0.05, 0.1) is 10.9 Å². The number of piperidine rings is 1. The zero-order valence-electron chi connectivity index (χ0n) is 12.2. The second-order valence-electron chi connectivity index (χ2n) is 5.57. The highest BCUT2D eigenvalue weighted by Crippen LogP contribution is 2.16. The fourth-order valence-electron chi connectivity index (χ4n) is 2.88. The zero-order chi connectivity index (χ0) is 14.8. The van der Waals surface area contributed by atoms with Crippen molar-refractivity contribution in [1.82, 2.24) is 14.9 Å². The molecule has 1 aliphatic heterocycles. The molecule has 21 heavy (non-hydrogen) atoms. The highest BCUT2D eigenvalue weighted by atomic mass is 16.1. The number of rotatable bonds is 3. The Labute approximate surface area is 123 Å². The van der Waals surface area contributed by atoms with Gasteiger partial charge in [0.2, 0.25) is 5.95 Å². The normalized spacial score (nSPS) is 19.8. The molecule has 0 bridgehead atoms. The van der Waals surface area contributed by atoms with Crippen LogP contribution in [-0.2, 0) is 0 Å². The molecule has 0 amide bonds. The highest BCUT2D eigenvalue weighted by molar-refractivity contribution is 5.81. The van der Waals surface area contributed by atoms with Gasteiger partial charge >= 0.3 is 0 Å². The third kappa shape index (κ3) is 3.00. The summed E-state index contributed by atoms with van der Waals surface area (Å²) in [6.45, 7) is 5.36. The zero-order valence-corrected chi connectivity index (χ0v) is 12.2. The van der Waals surface area contributed by atoms with Crippen LogP contribution >= 0.6 is 0 Å². The average molecular weight is 287 g/mol. The molecule has 6 nitrogen and oxygen atoms in total. The number of likely N-dealkylation sites (N-methyl/N-ethyl adjacent to an activating group) is 1. The molecule has 6 heteroatoms. The molecule has 1 unspecified atom stereocenters. The Morgan fingerprint density at radius 2 is 2.38 bits per heavy atom. The van der Waals surface area contributed by atoms with E-state index in [0.29, 0.717) is 28.6 Å². The van der Waals surface area contributed by atoms with E-state index in [0.717, 1.165) is 26.1 Å². The number of nitrogens with zero attached hydrogens (tertiary/aromatic N) is 2. The van der Waals surface area contributed by atoms with Gasteiger partial charge in [-0.05, 0) is 44.1 Å². The van der Waals surface area contributed by atoms with Crippen molar-refractivity contribution < 1.29 is 0 Å². The SMILES string of the molecule is CCN1CCCC(Nc2nc3ccc(N)cc3c(=O)[nH]2)C1. The van der Waals surface area contributed by atoms with Gasteiger partial charge in [-0.25, -0.2) is 4.98 Å². The lowest BCUT2D eigenvalue weighted by molar-refractivity contribution is 0.226. The van der Waals surface area contributed by atoms with E-state index in [-0.39, 0.29) is 5.56 Å². The van der Waals surface area contributed by atoms with E-state index < -0.39 is 0 Å². The smallest absolute Gasteiger partial charge is 0.260 e. The monoisotopic (exact) mass is 287 g/mol. The molecular weight excluding hydrogens is 266 g/mol. The van der Waals surface area contributed by atoms with Crippen LogP contribution in [0.4, 0.5) is 11.6 Å². The number of hydrogen-bond donors (Lipinski definition) is 3. The molecule has 3 rings (SSSR count). The molecule has 1 aliphatic rings. The number of likely N-dealkylation sites (tertiary alicyclic amines) is 1. The lowest BCUT2D eigenvalue weighted by Crippen LogP contribution is -2.42. The predicted octanol–water partition coefficient (Wildman–Crippen LogP) is 1.40. The summed E-state index contributed by atoms with van der Waals surface area (Å²) in [6, 6.07) is 5.53. The van der Waals surface area contributed by atoms with Gasteiger partial charge in [0.1, 0.15) is 0 Å². The number of fused-ring (bicyclic) bond motifs is 1. The first-order valence-electron chi connectivity index (χ1n) is 7.44. The van der Waals surface area contributed by atoms with Crippen molar-refractivity contribution in [2.45, 2.75) is 25.8 Å². The van der Waals surface area contributed by atoms with Gasteiger partial charge in [0.15, 0.2) is 0 Å². The average Bonchev–Trinajstić information content (AvgIpc) is 2.48. The van der Waals surface area contributed by atoms with Crippen molar-refractivity contribution in [1.29, 1.82) is 0 Å². The van der Waals surface area contributed by atoms with Crippen LogP contribution in [0.15, 0.2) is 23.0 Å². The molecule has 0 saturated carbocycles. The van der Waals surface area contributed by atoms with Crippen LogP contribution < -0.4 is 16.6 Å². The fourth-order valence-corrected chi connectivity index (χ4v) is 2.88. The number of benzene rings is 1. The van der Waals surface area contributed by atoms with Crippen LogP contribution in [0.1, 0.15) is 19.8 Å². The van der Waals surface area contributed by atoms with Crippen LogP contribution in [-0.4, -0.2) is 40.5 Å². The van der Waals surface area contributed by atoms with Crippen LogP contribution in [0.3, 0.4) is 0 Å². The third-order valence-corrected chi connectivity index (χ3v) is 4.02. The van der Waals surface area contributed by atoms with Crippen LogP contribution in [0.2, 0.25) is 0 Å². The number of anilines is 2. The number of nitrogens with one attached hydrogen (secondary N) is 2. The molecule has 0 spiro atoms. The first-order chi connectivity index (χ1) is 10.2. The van der Waals surface area contributed by atoms with Gasteiger partial charge in [-0.1, -0.05) is 6.92 Å². The third-order valence-electron chi connectivity index (χ3n) is 4.02. The first-order valence-corrected chi connectivity index (χ1v) is 7.44. The second kappa shape index (κ2) is 5.73. The molecule has 2 aromatic rings. The predicted molar refractivity (Wildman–Crippen MR) is 85.5 cm³/mol. The summed E-state index contributed by atoms with van der Waals surface area (Å²) >= 11 is 0. The molecule has 1 saturated heterocycles. The number of aromatic amines is 1. The molecule has 2 heterocycles. The van der Waals surface area contributed by atoms with Crippen molar-refractivity contribution in [2.75, 3.05) is 30.7 Å². The molecule has 112 valence electrons. The minimum Gasteiger partial charge on any atom is -0.399 e. The van der Waals surface area contributed by atoms with Crippen molar-refractivity contribution >= 4 is 22.5 Å². The molecule has 4 N–H and O–H groups in total. The fraction of sp³-hybridized carbons (Fsp3) is 0.467. The number of nitrogens with two attached hydrogens (primary N) is 1. The van der Waals surface area contributed by atoms with Crippen LogP contribution in [0, 0.1) is 0 Å². The maximum atomic E-state index is 12.1. The van der Waals surface area contributed by atoms with Gasteiger partial charge in [-0.3, -0.25) is 9.78 Å². The van der Waals surface area contributed by atoms with Crippen molar-refractivity contribution in [3.63, 3.8) is 0 Å². The quantitative estimate of drug-likeness (QED) is 0.743. The Hall–Kier alpha value is -2.08. The van der Waals surface area contributed by atoms with E-state index in [1.165, 1.54) is 6.42 Å². The Bertz CT molecular complexity index is 696. The van der Waals surface area contributed by atoms with Gasteiger partial charge in [-0.2, -0.15) is 0 Å². The Kier molecular flexibility index (Phi) is 3.79. The summed E-state index contributed by atoms with van der Waals surface area (Å²) in [7, 11) is 0. The molecule has 1 aromatic heterocycles. The molecular formula is C15H21N5O. The lowest BCUT2D eigenvalue weighted by atomic mass is 10.1. The summed E-state index contributed by atoms with van der Waals surface area (Å²) in [5.74, 6) is 0.542. The first kappa shape index (κ1) is 13.9. The van der Waals surface area contributed by atoms with E-state index in [2.05, 4.69) is 27.1 Å². The van der Waals surface area contributed by atoms with E-state index >= 15 is 0 Å². The minimum absolute atomic E-state index is 0.155. The molecule has 0 radical (unpaired) electrons. The van der Waals surface area contributed by atoms with E-state index in [1.807, 2.05) is 0 Å². The van der Waals surface area contributed by atoms with E-state index in [9.17, 15) is 4.79 Å². The maximum Gasteiger partial charge on any atom is 0.260 e. The topological polar surface area (TPSA) is 87.0 Å². The van der Waals surface area contributed by atoms with Gasteiger partial charge in [0.25, 0.3) is 5.56 Å².